The number of aromatic nitrogens is 3. The van der Waals surface area contributed by atoms with Gasteiger partial charge < -0.3 is 29.6 Å². The van der Waals surface area contributed by atoms with Gasteiger partial charge in [-0.05, 0) is 55.3 Å². The van der Waals surface area contributed by atoms with E-state index in [4.69, 9.17) is 21.1 Å². The lowest BCUT2D eigenvalue weighted by Crippen LogP contribution is -2.42. The van der Waals surface area contributed by atoms with E-state index in [9.17, 15) is 9.59 Å². The third-order valence-corrected chi connectivity index (χ3v) is 7.67. The fourth-order valence-electron chi connectivity index (χ4n) is 5.66. The quantitative estimate of drug-likeness (QED) is 0.261. The van der Waals surface area contributed by atoms with E-state index in [0.717, 1.165) is 48.2 Å². The van der Waals surface area contributed by atoms with Crippen molar-refractivity contribution >= 4 is 57.6 Å². The van der Waals surface area contributed by atoms with Crippen LogP contribution in [0.1, 0.15) is 28.8 Å². The van der Waals surface area contributed by atoms with E-state index in [0.29, 0.717) is 27.8 Å². The Kier molecular flexibility index (Phi) is 5.94. The number of hydrogen-bond acceptors (Lipinski definition) is 7. The van der Waals surface area contributed by atoms with Gasteiger partial charge in [0.2, 0.25) is 5.78 Å². The molecule has 3 aliphatic rings. The van der Waals surface area contributed by atoms with Crippen LogP contribution < -0.4 is 20.3 Å². The summed E-state index contributed by atoms with van der Waals surface area (Å²) in [6.45, 7) is 1.67. The van der Waals surface area contributed by atoms with E-state index < -0.39 is 6.03 Å². The molecule has 6 heterocycles. The van der Waals surface area contributed by atoms with Gasteiger partial charge in [0, 0.05) is 49.2 Å². The van der Waals surface area contributed by atoms with Crippen LogP contribution in [0.5, 0.6) is 5.75 Å². The Morgan fingerprint density at radius 2 is 1.85 bits per heavy atom. The summed E-state index contributed by atoms with van der Waals surface area (Å²) in [5.41, 5.74) is 4.08. The molecule has 10 nitrogen and oxygen atoms in total. The lowest BCUT2D eigenvalue weighted by atomic mass is 10.1. The summed E-state index contributed by atoms with van der Waals surface area (Å²) in [6.07, 6.45) is 9.68. The number of amides is 2. The van der Waals surface area contributed by atoms with Crippen LogP contribution in [-0.4, -0.2) is 51.6 Å². The van der Waals surface area contributed by atoms with Gasteiger partial charge in [0.1, 0.15) is 16.5 Å². The van der Waals surface area contributed by atoms with Crippen molar-refractivity contribution in [3.8, 4) is 5.75 Å². The number of fused-ring (bicyclic) bond motifs is 4. The zero-order valence-corrected chi connectivity index (χ0v) is 22.3. The van der Waals surface area contributed by atoms with Gasteiger partial charge in [0.05, 0.1) is 35.3 Å². The molecule has 2 bridgehead atoms. The zero-order valence-electron chi connectivity index (χ0n) is 21.6. The summed E-state index contributed by atoms with van der Waals surface area (Å²) in [5.74, 6) is 0.397. The Balaban J connectivity index is 1.15. The van der Waals surface area contributed by atoms with Gasteiger partial charge in [-0.15, -0.1) is 0 Å². The first-order valence-electron chi connectivity index (χ1n) is 13.0. The predicted octanol–water partition coefficient (Wildman–Crippen LogP) is 5.25. The van der Waals surface area contributed by atoms with Crippen molar-refractivity contribution < 1.29 is 19.1 Å². The molecular formula is C29H25ClN6O4. The number of nitrogens with one attached hydrogen (secondary N) is 2. The molecule has 2 amide bonds. The van der Waals surface area contributed by atoms with E-state index in [-0.39, 0.29) is 23.8 Å². The van der Waals surface area contributed by atoms with Crippen LogP contribution in [0.2, 0.25) is 5.15 Å². The minimum Gasteiger partial charge on any atom is -0.452 e. The standard InChI is InChI=1S/C29H25ClN6O4/c1-35-13-16(26-22(8-9-31-28(26)35)36-14-19-4-5-20(15-36)39-19)10-24-27(37)21-11-17(2-6-23(21)40-24)33-29(38)34-18-3-7-25(30)32-12-18/h2-3,6-13,19-20H,4-5,14-15H2,1H3,(H2,33,34,38)/b24-10-. The highest BCUT2D eigenvalue weighted by atomic mass is 35.5. The smallest absolute Gasteiger partial charge is 0.323 e. The van der Waals surface area contributed by atoms with E-state index in [2.05, 4.69) is 25.5 Å². The van der Waals surface area contributed by atoms with Gasteiger partial charge in [-0.2, -0.15) is 0 Å². The highest BCUT2D eigenvalue weighted by Crippen LogP contribution is 2.38. The number of ketones is 1. The second-order valence-electron chi connectivity index (χ2n) is 10.2. The van der Waals surface area contributed by atoms with Crippen LogP contribution in [0, 0.1) is 0 Å². The monoisotopic (exact) mass is 556 g/mol. The van der Waals surface area contributed by atoms with Crippen molar-refractivity contribution in [1.82, 2.24) is 14.5 Å². The molecule has 0 radical (unpaired) electrons. The number of halogens is 1. The van der Waals surface area contributed by atoms with Gasteiger partial charge in [-0.3, -0.25) is 4.79 Å². The zero-order chi connectivity index (χ0) is 27.4. The molecule has 2 N–H and O–H groups in total. The first-order valence-corrected chi connectivity index (χ1v) is 13.4. The maximum absolute atomic E-state index is 13.4. The maximum atomic E-state index is 13.4. The summed E-state index contributed by atoms with van der Waals surface area (Å²) >= 11 is 5.80. The number of carbonyl (C=O) groups is 2. The number of aryl methyl sites for hydroxylation is 1. The summed E-state index contributed by atoms with van der Waals surface area (Å²) in [6, 6.07) is 9.75. The van der Waals surface area contributed by atoms with Gasteiger partial charge >= 0.3 is 6.03 Å². The highest BCUT2D eigenvalue weighted by Gasteiger charge is 2.35. The number of anilines is 3. The van der Waals surface area contributed by atoms with Crippen LogP contribution in [0.3, 0.4) is 0 Å². The summed E-state index contributed by atoms with van der Waals surface area (Å²) < 4.78 is 14.0. The average molecular weight is 557 g/mol. The van der Waals surface area contributed by atoms with Crippen molar-refractivity contribution in [3.05, 3.63) is 77.0 Å². The Morgan fingerprint density at radius 1 is 1.07 bits per heavy atom. The molecule has 11 heteroatoms. The molecule has 2 saturated heterocycles. The fourth-order valence-corrected chi connectivity index (χ4v) is 5.77. The molecule has 1 aromatic carbocycles. The third kappa shape index (κ3) is 4.44. The second-order valence-corrected chi connectivity index (χ2v) is 10.6. The molecule has 2 atom stereocenters. The van der Waals surface area contributed by atoms with Crippen molar-refractivity contribution in [2.24, 2.45) is 7.05 Å². The van der Waals surface area contributed by atoms with Crippen molar-refractivity contribution in [1.29, 1.82) is 0 Å². The first kappa shape index (κ1) is 24.6. The van der Waals surface area contributed by atoms with Gasteiger partial charge in [0.25, 0.3) is 0 Å². The van der Waals surface area contributed by atoms with Gasteiger partial charge in [-0.1, -0.05) is 11.6 Å². The number of hydrogen-bond donors (Lipinski definition) is 2. The van der Waals surface area contributed by atoms with Crippen LogP contribution in [-0.2, 0) is 11.8 Å². The third-order valence-electron chi connectivity index (χ3n) is 7.45. The molecule has 0 aliphatic carbocycles. The normalized spacial score (nSPS) is 20.6. The minimum atomic E-state index is -0.474. The number of nitrogens with zero attached hydrogens (tertiary/aromatic N) is 4. The van der Waals surface area contributed by atoms with Crippen LogP contribution in [0.15, 0.2) is 60.7 Å². The Labute approximate surface area is 234 Å². The van der Waals surface area contributed by atoms with Crippen molar-refractivity contribution in [2.45, 2.75) is 25.0 Å². The molecule has 40 heavy (non-hydrogen) atoms. The second kappa shape index (κ2) is 9.65. The van der Waals surface area contributed by atoms with Crippen LogP contribution in [0.25, 0.3) is 17.1 Å². The average Bonchev–Trinajstić information content (AvgIpc) is 3.57. The van der Waals surface area contributed by atoms with Crippen LogP contribution >= 0.6 is 11.6 Å². The maximum Gasteiger partial charge on any atom is 0.323 e. The Morgan fingerprint density at radius 3 is 2.62 bits per heavy atom. The number of ether oxygens (including phenoxy) is 2. The van der Waals surface area contributed by atoms with Crippen LogP contribution in [0.4, 0.5) is 21.9 Å². The van der Waals surface area contributed by atoms with Gasteiger partial charge in [0.15, 0.2) is 5.76 Å². The summed E-state index contributed by atoms with van der Waals surface area (Å²) in [7, 11) is 1.94. The number of Topliss-reactive ketones (excluding diaryl/α,β-unsaturated/α-hetero) is 1. The molecule has 202 valence electrons. The topological polar surface area (TPSA) is 111 Å². The van der Waals surface area contributed by atoms with Gasteiger partial charge in [-0.25, -0.2) is 14.8 Å². The molecule has 2 unspecified atom stereocenters. The SMILES string of the molecule is Cn1cc(/C=C2\Oc3ccc(NC(=O)Nc4ccc(Cl)nc4)cc3C2=O)c2c(N3CC4CCC(C3)O4)ccnc21. The minimum absolute atomic E-state index is 0.216. The lowest BCUT2D eigenvalue weighted by molar-refractivity contribution is 0.0306. The number of morpholine rings is 1. The van der Waals surface area contributed by atoms with Crippen molar-refractivity contribution in [2.75, 3.05) is 28.6 Å². The predicted molar refractivity (Wildman–Crippen MR) is 152 cm³/mol. The highest BCUT2D eigenvalue weighted by molar-refractivity contribution is 6.29. The molecule has 0 saturated carbocycles. The fraction of sp³-hybridized carbons (Fsp3) is 0.241. The number of carbonyl (C=O) groups excluding carboxylic acids is 2. The number of allylic oxidation sites excluding steroid dienone is 1. The number of pyridine rings is 2. The summed E-state index contributed by atoms with van der Waals surface area (Å²) in [5, 5.41) is 6.72. The number of benzene rings is 1. The lowest BCUT2D eigenvalue weighted by Gasteiger charge is -2.34. The summed E-state index contributed by atoms with van der Waals surface area (Å²) in [4.78, 5) is 36.8. The van der Waals surface area contributed by atoms with E-state index >= 15 is 0 Å². The number of rotatable bonds is 4. The largest absolute Gasteiger partial charge is 0.452 e. The molecular weight excluding hydrogens is 532 g/mol. The van der Waals surface area contributed by atoms with Crippen molar-refractivity contribution in [3.63, 3.8) is 0 Å². The molecule has 3 aromatic heterocycles. The molecule has 2 fully saturated rings. The van der Waals surface area contributed by atoms with E-state index in [1.807, 2.05) is 30.1 Å². The van der Waals surface area contributed by atoms with E-state index in [1.54, 1.807) is 36.4 Å². The number of urea groups is 1. The van der Waals surface area contributed by atoms with E-state index in [1.165, 1.54) is 6.20 Å². The molecule has 0 spiro atoms. The molecule has 4 aromatic rings. The Bertz CT molecular complexity index is 1690. The molecule has 7 rings (SSSR count). The Hall–Kier alpha value is -4.41. The molecule has 3 aliphatic heterocycles. The first-order chi connectivity index (χ1) is 19.4.